The van der Waals surface area contributed by atoms with Gasteiger partial charge in [0.15, 0.2) is 9.93 Å². The van der Waals surface area contributed by atoms with E-state index in [0.29, 0.717) is 57.2 Å². The zero-order valence-corrected chi connectivity index (χ0v) is 39.3. The van der Waals surface area contributed by atoms with Gasteiger partial charge < -0.3 is 9.97 Å². The predicted molar refractivity (Wildman–Crippen MR) is 240 cm³/mol. The molecule has 0 bridgehead atoms. The van der Waals surface area contributed by atoms with E-state index < -0.39 is 3.25 Å². The van der Waals surface area contributed by atoms with Gasteiger partial charge in [-0.2, -0.15) is 0 Å². The zero-order chi connectivity index (χ0) is 41.6. The third-order valence-electron chi connectivity index (χ3n) is 5.20. The number of H-pyrrole nitrogens is 3. The second kappa shape index (κ2) is 28.7. The summed E-state index contributed by atoms with van der Waals surface area (Å²) >= 11 is 66.6. The van der Waals surface area contributed by atoms with Crippen molar-refractivity contribution in [1.82, 2.24) is 34.9 Å². The number of alkyl halides is 5. The normalized spacial score (nSPS) is 9.89. The number of nitrogens with one attached hydrogen (secondary N) is 3. The molecule has 5 aromatic heterocycles. The molecule has 0 spiro atoms. The number of halogens is 11. The van der Waals surface area contributed by atoms with Crippen molar-refractivity contribution in [2.75, 3.05) is 0 Å². The van der Waals surface area contributed by atoms with Gasteiger partial charge in [0, 0.05) is 85.0 Å². The fraction of sp³-hybridized carbons (Fsp3) is 0.207. The first kappa shape index (κ1) is 53.4. The molecule has 1 radical (unpaired) electrons. The van der Waals surface area contributed by atoms with Gasteiger partial charge in [-0.15, -0.1) is 0 Å². The summed E-state index contributed by atoms with van der Waals surface area (Å²) < 4.78 is 1.46. The van der Waals surface area contributed by atoms with Crippen LogP contribution in [0, 0.1) is 25.5 Å². The molecule has 0 atom stereocenters. The van der Waals surface area contributed by atoms with Crippen LogP contribution in [0.4, 0.5) is 0 Å². The Morgan fingerprint density at radius 3 is 1.61 bits per heavy atom. The Balaban J connectivity index is 0.000000676. The van der Waals surface area contributed by atoms with E-state index in [1.807, 2.05) is 6.92 Å². The van der Waals surface area contributed by atoms with E-state index in [-0.39, 0.29) is 11.1 Å². The van der Waals surface area contributed by atoms with Gasteiger partial charge in [-0.3, -0.25) is 14.6 Å². The molecule has 0 aliphatic heterocycles. The van der Waals surface area contributed by atoms with Crippen LogP contribution in [-0.4, -0.2) is 45.8 Å². The summed E-state index contributed by atoms with van der Waals surface area (Å²) in [5.41, 5.74) is 3.53. The van der Waals surface area contributed by atoms with Crippen LogP contribution in [0.1, 0.15) is 28.1 Å². The second-order valence-electron chi connectivity index (χ2n) is 9.26. The quantitative estimate of drug-likeness (QED) is 0.0265. The molecule has 25 heteroatoms. The van der Waals surface area contributed by atoms with Crippen molar-refractivity contribution in [1.29, 1.82) is 0 Å². The summed E-state index contributed by atoms with van der Waals surface area (Å²) in [6.07, 6.45) is 4.71. The Labute approximate surface area is 384 Å². The molecule has 10 nitrogen and oxygen atoms in total. The van der Waals surface area contributed by atoms with Gasteiger partial charge in [0.05, 0.1) is 0 Å². The molecule has 0 fully saturated rings. The van der Waals surface area contributed by atoms with Crippen molar-refractivity contribution in [2.24, 2.45) is 4.30 Å². The molecule has 5 aromatic rings. The fourth-order valence-corrected chi connectivity index (χ4v) is 6.57. The minimum atomic E-state index is -1.61. The van der Waals surface area contributed by atoms with Gasteiger partial charge in [0.25, 0.3) is 14.4 Å². The van der Waals surface area contributed by atoms with Gasteiger partial charge in [0.1, 0.15) is 15.5 Å². The van der Waals surface area contributed by atoms with Crippen molar-refractivity contribution in [3.8, 4) is 0 Å². The summed E-state index contributed by atoms with van der Waals surface area (Å²) in [6.45, 7) is 5.38. The van der Waals surface area contributed by atoms with Crippen LogP contribution in [0.3, 0.4) is 0 Å². The number of aromatic nitrogens is 7. The van der Waals surface area contributed by atoms with E-state index in [0.717, 1.165) is 22.4 Å². The van der Waals surface area contributed by atoms with E-state index in [9.17, 15) is 9.59 Å². The van der Waals surface area contributed by atoms with Crippen molar-refractivity contribution < 1.29 is 0 Å². The average molecular weight is 1060 g/mol. The molecule has 54 heavy (non-hydrogen) atoms. The predicted octanol–water partition coefficient (Wildman–Crippen LogP) is 12.5. The number of rotatable bonds is 4. The molecule has 0 aliphatic rings. The number of aromatic amines is 3. The van der Waals surface area contributed by atoms with E-state index in [4.69, 9.17) is 116 Å². The van der Waals surface area contributed by atoms with Crippen LogP contribution >= 0.6 is 169 Å². The fourth-order valence-electron chi connectivity index (χ4n) is 2.98. The van der Waals surface area contributed by atoms with E-state index in [1.54, 1.807) is 50.6 Å². The van der Waals surface area contributed by atoms with Gasteiger partial charge in [-0.05, 0) is 51.2 Å². The topological polar surface area (TPSA) is 145 Å². The van der Waals surface area contributed by atoms with Crippen LogP contribution in [0.25, 0.3) is 0 Å². The third kappa shape index (κ3) is 24.9. The van der Waals surface area contributed by atoms with Crippen LogP contribution in [0.5, 0.6) is 0 Å². The Kier molecular flexibility index (Phi) is 28.4. The summed E-state index contributed by atoms with van der Waals surface area (Å²) in [5, 5.41) is 4.34. The molecule has 0 saturated heterocycles. The molecule has 0 saturated carbocycles. The summed E-state index contributed by atoms with van der Waals surface area (Å²) in [7, 11) is 4.34. The maximum atomic E-state index is 11.3. The first-order valence-corrected chi connectivity index (χ1v) is 20.5. The van der Waals surface area contributed by atoms with Gasteiger partial charge in [-0.25, -0.2) is 19.9 Å². The molecule has 0 aromatic carbocycles. The Bertz CT molecular complexity index is 2020. The van der Waals surface area contributed by atoms with E-state index in [1.165, 1.54) is 23.9 Å². The molecule has 5 heterocycles. The molecule has 3 N–H and O–H groups in total. The van der Waals surface area contributed by atoms with Crippen molar-refractivity contribution in [2.45, 2.75) is 40.3 Å². The molecular formula is C29H25BBrCl10N8O2S3. The molecule has 291 valence electrons. The zero-order valence-electron chi connectivity index (χ0n) is 27.6. The van der Waals surface area contributed by atoms with Crippen LogP contribution < -0.4 is 11.1 Å². The molecule has 5 rings (SSSR count). The molecule has 0 unspecified atom stereocenters. The second-order valence-corrected chi connectivity index (χ2v) is 17.2. The summed E-state index contributed by atoms with van der Waals surface area (Å²) in [5.74, 6) is 0.498. The molecule has 0 amide bonds. The number of thioether (sulfide) groups is 1. The summed E-state index contributed by atoms with van der Waals surface area (Å²) in [4.78, 5) is 45.5. The van der Waals surface area contributed by atoms with Gasteiger partial charge in [-0.1, -0.05) is 144 Å². The molecule has 0 aliphatic carbocycles. The monoisotopic (exact) mass is 1050 g/mol. The number of hydrogen-bond acceptors (Lipinski definition) is 10. The number of aryl methyl sites for hydroxylation is 2. The number of thiol groups is 1. The van der Waals surface area contributed by atoms with Crippen molar-refractivity contribution in [3.05, 3.63) is 133 Å². The molecular weight excluding hydrogens is 1030 g/mol. The van der Waals surface area contributed by atoms with E-state index >= 15 is 0 Å². The summed E-state index contributed by atoms with van der Waals surface area (Å²) in [6, 6.07) is 7.99. The Hall–Kier alpha value is -0.625. The van der Waals surface area contributed by atoms with Crippen molar-refractivity contribution in [3.63, 3.8) is 0 Å². The van der Waals surface area contributed by atoms with Crippen LogP contribution in [0.2, 0.25) is 30.5 Å². The Morgan fingerprint density at radius 2 is 1.24 bits per heavy atom. The first-order valence-electron chi connectivity index (χ1n) is 13.8. The number of nitrogens with zero attached hydrogens (tertiary/aromatic N) is 5. The first-order chi connectivity index (χ1) is 25.1. The standard InChI is InChI=1S/C11H9Cl2N3OS.C6H4BrCl2N.C6H5Cl2N.C5H6N2OS.CCl4.BHNS/c1-6-4-9(17)16-11(15-6)18-5-7-8(12)2-3-14-10(7)13;7-3-4-5(8)1-2-10-6(4)9;1-4-5(7)2-3-9-6(4)8;1-3-2-4(8)7-5(9)6-3;2-1(3,4)5;1-2-3/h2-4H,5H2,1H3,(H,15,16,17);1-2H,3H2;2-3H,1H3;2H,1H3,(H2,6,7,8,9);;3H. The third-order valence-corrected chi connectivity index (χ3v) is 9.01. The van der Waals surface area contributed by atoms with E-state index in [2.05, 4.69) is 87.8 Å². The average Bonchev–Trinajstić information content (AvgIpc) is 3.03. The number of hydrogen-bond donors (Lipinski definition) is 4. The van der Waals surface area contributed by atoms with Gasteiger partial charge in [0.2, 0.25) is 0 Å². The minimum absolute atomic E-state index is 0.156. The van der Waals surface area contributed by atoms with Crippen LogP contribution in [-0.2, 0) is 11.1 Å². The number of pyridine rings is 3. The van der Waals surface area contributed by atoms with Gasteiger partial charge >= 0.3 is 24.8 Å². The van der Waals surface area contributed by atoms with Crippen molar-refractivity contribution >= 4 is 176 Å². The Morgan fingerprint density at radius 1 is 0.796 bits per heavy atom. The van der Waals surface area contributed by atoms with Crippen LogP contribution in [0.15, 0.2) is 68.0 Å². The SMILES string of the molecule is Cc1c(Cl)ccnc1Cl.Cc1cc(=O)[nH]c(=S)[nH]1.Cc1cc(=O)[nH]c(SCc2c(Cl)ccnc2Cl)n1.ClC(Cl)(Cl)Cl.Clc1ccnc(Cl)c1CBr.[B]=NS. The maximum absolute atomic E-state index is 11.3.